The average molecular weight is 696 g/mol. The molecule has 236 valence electrons. The summed E-state index contributed by atoms with van der Waals surface area (Å²) in [4.78, 5) is 28.5. The summed E-state index contributed by atoms with van der Waals surface area (Å²) in [5.74, 6) is 13.7. The van der Waals surface area contributed by atoms with Gasteiger partial charge in [-0.1, -0.05) is 0 Å². The fraction of sp³-hybridized carbons (Fsp3) is 0.929. The van der Waals surface area contributed by atoms with Crippen molar-refractivity contribution < 1.29 is 38.0 Å². The molecule has 1 aliphatic heterocycles. The number of carbonyl (C=O) groups is 2. The van der Waals surface area contributed by atoms with Gasteiger partial charge >= 0.3 is 250 Å². The van der Waals surface area contributed by atoms with Crippen LogP contribution in [0.4, 0.5) is 0 Å². The zero-order valence-electron chi connectivity index (χ0n) is 26.3. The molecule has 0 bridgehead atoms. The molecule has 0 radical (unpaired) electrons. The zero-order valence-corrected chi connectivity index (χ0v) is 30.5. The van der Waals surface area contributed by atoms with Gasteiger partial charge in [-0.3, -0.25) is 0 Å². The molecule has 12 heteroatoms. The van der Waals surface area contributed by atoms with Crippen LogP contribution in [-0.4, -0.2) is 154 Å². The molecule has 1 aliphatic rings. The van der Waals surface area contributed by atoms with Crippen molar-refractivity contribution >= 4 is 38.5 Å². The molecular formula is C28H58Ge2N2O8. The van der Waals surface area contributed by atoms with Crippen LogP contribution in [0.25, 0.3) is 0 Å². The molecule has 0 aromatic carbocycles. The van der Waals surface area contributed by atoms with Crippen LogP contribution in [0.1, 0.15) is 12.8 Å². The maximum absolute atomic E-state index is 12.1. The molecule has 1 fully saturated rings. The molecule has 10 nitrogen and oxygen atoms in total. The summed E-state index contributed by atoms with van der Waals surface area (Å²) in [5, 5.41) is 2.00. The van der Waals surface area contributed by atoms with Crippen LogP contribution in [0.5, 0.6) is 0 Å². The minimum absolute atomic E-state index is 0.0961. The molecule has 0 aliphatic carbocycles. The summed E-state index contributed by atoms with van der Waals surface area (Å²) in [6.45, 7) is 9.44. The van der Waals surface area contributed by atoms with Crippen LogP contribution in [0.2, 0.25) is 45.0 Å². The van der Waals surface area contributed by atoms with Crippen molar-refractivity contribution in [2.24, 2.45) is 0 Å². The fourth-order valence-corrected chi connectivity index (χ4v) is 7.77. The fourth-order valence-electron chi connectivity index (χ4n) is 3.76. The van der Waals surface area contributed by atoms with E-state index in [1.807, 2.05) is 0 Å². The van der Waals surface area contributed by atoms with Gasteiger partial charge < -0.3 is 0 Å². The van der Waals surface area contributed by atoms with Gasteiger partial charge in [-0.15, -0.1) is 0 Å². The number of hydrogen-bond acceptors (Lipinski definition) is 10. The van der Waals surface area contributed by atoms with E-state index in [-0.39, 0.29) is 11.9 Å². The third-order valence-electron chi connectivity index (χ3n) is 6.45. The SMILES string of the molecule is [CH3][Ge]([CH3])([CH3])[CH2]CC(=O)OCCN1CCOCCOCCN(CCOC(=O)C[CH2][Ge]([CH3])([CH3])[CH3])CCOCCOCC1. The van der Waals surface area contributed by atoms with Gasteiger partial charge in [0.25, 0.3) is 0 Å². The van der Waals surface area contributed by atoms with E-state index in [1.165, 1.54) is 0 Å². The Kier molecular flexibility index (Phi) is 21.1. The molecule has 0 atom stereocenters. The molecule has 1 saturated heterocycles. The minimum atomic E-state index is -1.72. The Morgan fingerprint density at radius 1 is 0.550 bits per heavy atom. The van der Waals surface area contributed by atoms with E-state index in [2.05, 4.69) is 44.3 Å². The Balaban J connectivity index is 2.35. The molecule has 1 heterocycles. The first-order valence-corrected chi connectivity index (χ1v) is 30.6. The number of rotatable bonds is 12. The number of esters is 2. The van der Waals surface area contributed by atoms with Crippen molar-refractivity contribution in [2.45, 2.75) is 57.9 Å². The second-order valence-electron chi connectivity index (χ2n) is 12.7. The second-order valence-corrected chi connectivity index (χ2v) is 36.3. The maximum atomic E-state index is 12.1. The van der Waals surface area contributed by atoms with Gasteiger partial charge in [-0.25, -0.2) is 0 Å². The number of carbonyl (C=O) groups excluding carboxylic acids is 2. The van der Waals surface area contributed by atoms with E-state index >= 15 is 0 Å². The third kappa shape index (κ3) is 24.4. The van der Waals surface area contributed by atoms with Crippen LogP contribution < -0.4 is 0 Å². The summed E-state index contributed by atoms with van der Waals surface area (Å²) in [5.41, 5.74) is 0. The Bertz CT molecular complexity index is 598. The van der Waals surface area contributed by atoms with Crippen molar-refractivity contribution in [3.63, 3.8) is 0 Å². The van der Waals surface area contributed by atoms with Crippen LogP contribution in [0, 0.1) is 0 Å². The number of nitrogens with zero attached hydrogens (tertiary/aromatic N) is 2. The van der Waals surface area contributed by atoms with Crippen LogP contribution in [0.3, 0.4) is 0 Å². The summed E-state index contributed by atoms with van der Waals surface area (Å²) >= 11 is -3.45. The second kappa shape index (κ2) is 22.3. The van der Waals surface area contributed by atoms with Crippen molar-refractivity contribution in [3.8, 4) is 0 Å². The first kappa shape index (κ1) is 37.8. The molecule has 0 unspecified atom stereocenters. The van der Waals surface area contributed by atoms with Gasteiger partial charge in [0.1, 0.15) is 0 Å². The molecule has 0 spiro atoms. The van der Waals surface area contributed by atoms with E-state index in [4.69, 9.17) is 28.4 Å². The molecule has 0 aromatic rings. The normalized spacial score (nSPS) is 18.9. The van der Waals surface area contributed by atoms with Crippen molar-refractivity contribution in [1.82, 2.24) is 9.80 Å². The van der Waals surface area contributed by atoms with E-state index in [9.17, 15) is 9.59 Å². The molecule has 0 amide bonds. The van der Waals surface area contributed by atoms with Crippen molar-refractivity contribution in [1.29, 1.82) is 0 Å². The van der Waals surface area contributed by atoms with E-state index in [0.717, 1.165) is 36.7 Å². The zero-order chi connectivity index (χ0) is 29.7. The van der Waals surface area contributed by atoms with Crippen molar-refractivity contribution in [2.75, 3.05) is 105 Å². The summed E-state index contributed by atoms with van der Waals surface area (Å²) in [6, 6.07) is 0. The first-order chi connectivity index (χ1) is 18.9. The van der Waals surface area contributed by atoms with E-state index in [0.29, 0.717) is 92.0 Å². The molecule has 1 rings (SSSR count). The Morgan fingerprint density at radius 3 is 1.12 bits per heavy atom. The van der Waals surface area contributed by atoms with Crippen LogP contribution in [-0.2, 0) is 38.0 Å². The van der Waals surface area contributed by atoms with Crippen LogP contribution in [0.15, 0.2) is 0 Å². The summed E-state index contributed by atoms with van der Waals surface area (Å²) < 4.78 is 34.1. The third-order valence-corrected chi connectivity index (χ3v) is 13.8. The average Bonchev–Trinajstić information content (AvgIpc) is 2.87. The topological polar surface area (TPSA) is 96.0 Å². The van der Waals surface area contributed by atoms with Gasteiger partial charge in [0.05, 0.1) is 0 Å². The van der Waals surface area contributed by atoms with E-state index < -0.39 is 26.5 Å². The summed E-state index contributed by atoms with van der Waals surface area (Å²) in [7, 11) is 0. The van der Waals surface area contributed by atoms with Gasteiger partial charge in [0.15, 0.2) is 0 Å². The standard InChI is InChI=1S/C28H58Ge2N2O8/c1-29(2,3)9-7-27(33)39-21-15-31-11-17-35-23-25-37-19-13-32(14-20-38-26-24-36-18-12-31)16-22-40-28(34)8-10-30(4,5)6/h7-26H2,1-6H3. The number of hydrogen-bond donors (Lipinski definition) is 0. The molecule has 0 saturated carbocycles. The molecular weight excluding hydrogens is 638 g/mol. The van der Waals surface area contributed by atoms with Gasteiger partial charge in [0, 0.05) is 0 Å². The van der Waals surface area contributed by atoms with Crippen LogP contribution >= 0.6 is 0 Å². The summed E-state index contributed by atoms with van der Waals surface area (Å²) in [6.07, 6.45) is 1.06. The Hall–Kier alpha value is -0.214. The predicted molar refractivity (Wildman–Crippen MR) is 164 cm³/mol. The molecule has 0 aromatic heterocycles. The quantitative estimate of drug-likeness (QED) is 0.224. The van der Waals surface area contributed by atoms with Gasteiger partial charge in [0.2, 0.25) is 0 Å². The number of ether oxygens (including phenoxy) is 6. The predicted octanol–water partition coefficient (Wildman–Crippen LogP) is 3.21. The molecule has 0 N–H and O–H groups in total. The first-order valence-electron chi connectivity index (χ1n) is 15.0. The van der Waals surface area contributed by atoms with E-state index in [1.54, 1.807) is 0 Å². The Labute approximate surface area is 248 Å². The van der Waals surface area contributed by atoms with Gasteiger partial charge in [-0.2, -0.15) is 0 Å². The van der Waals surface area contributed by atoms with Gasteiger partial charge in [-0.05, 0) is 0 Å². The van der Waals surface area contributed by atoms with Crippen molar-refractivity contribution in [3.05, 3.63) is 0 Å². The monoisotopic (exact) mass is 698 g/mol. The Morgan fingerprint density at radius 2 is 0.850 bits per heavy atom. The molecule has 40 heavy (non-hydrogen) atoms.